The normalized spacial score (nSPS) is 18.8. The summed E-state index contributed by atoms with van der Waals surface area (Å²) in [6, 6.07) is 7.06. The number of unbranched alkanes of at least 4 members (excludes halogenated alkanes) is 1. The molecule has 1 unspecified atom stereocenters. The fraction of sp³-hybridized carbons (Fsp3) is 0.684. The van der Waals surface area contributed by atoms with Gasteiger partial charge in [-0.1, -0.05) is 44.7 Å². The van der Waals surface area contributed by atoms with Crippen molar-refractivity contribution in [3.8, 4) is 5.75 Å². The van der Waals surface area contributed by atoms with E-state index in [9.17, 15) is 13.9 Å². The fourth-order valence-corrected chi connectivity index (χ4v) is 3.51. The van der Waals surface area contributed by atoms with E-state index in [1.807, 2.05) is 0 Å². The van der Waals surface area contributed by atoms with Crippen LogP contribution in [0.5, 0.6) is 5.75 Å². The summed E-state index contributed by atoms with van der Waals surface area (Å²) in [5, 5.41) is 11.1. The summed E-state index contributed by atoms with van der Waals surface area (Å²) < 4.78 is 31.8. The van der Waals surface area contributed by atoms with Crippen LogP contribution in [-0.2, 0) is 5.60 Å². The van der Waals surface area contributed by atoms with Gasteiger partial charge in [-0.2, -0.15) is 0 Å². The lowest BCUT2D eigenvalue weighted by Gasteiger charge is -2.39. The lowest BCUT2D eigenvalue weighted by Crippen LogP contribution is -2.38. The molecule has 4 heteroatoms. The summed E-state index contributed by atoms with van der Waals surface area (Å²) >= 11 is 0. The molecule has 1 aromatic rings. The second kappa shape index (κ2) is 8.62. The smallest absolute Gasteiger partial charge is 0.241 e. The van der Waals surface area contributed by atoms with Crippen molar-refractivity contribution in [2.24, 2.45) is 5.92 Å². The van der Waals surface area contributed by atoms with Gasteiger partial charge in [0.15, 0.2) is 0 Å². The number of alkyl halides is 2. The molecular weight excluding hydrogens is 298 g/mol. The van der Waals surface area contributed by atoms with Crippen LogP contribution in [0.1, 0.15) is 63.9 Å². The SMILES string of the molecule is CCCCOc1ccc(C(O)(CC(F)F)C2CCCCC2)cc1. The molecule has 0 aliphatic heterocycles. The Morgan fingerprint density at radius 1 is 1.17 bits per heavy atom. The number of hydrogen-bond acceptors (Lipinski definition) is 2. The van der Waals surface area contributed by atoms with Gasteiger partial charge in [0.05, 0.1) is 12.2 Å². The first kappa shape index (κ1) is 18.2. The monoisotopic (exact) mass is 326 g/mol. The molecule has 1 saturated carbocycles. The second-order valence-electron chi connectivity index (χ2n) is 6.58. The standard InChI is InChI=1S/C19H28F2O2/c1-2-3-13-23-17-11-9-16(10-12-17)19(22,14-18(20)21)15-7-5-4-6-8-15/h9-12,15,18,22H,2-8,13-14H2,1H3. The summed E-state index contributed by atoms with van der Waals surface area (Å²) in [6.07, 6.45) is 3.83. The largest absolute Gasteiger partial charge is 0.494 e. The van der Waals surface area contributed by atoms with Gasteiger partial charge in [0.2, 0.25) is 6.43 Å². The number of ether oxygens (including phenoxy) is 1. The minimum Gasteiger partial charge on any atom is -0.494 e. The van der Waals surface area contributed by atoms with E-state index in [1.165, 1.54) is 0 Å². The minimum absolute atomic E-state index is 0.0860. The summed E-state index contributed by atoms with van der Waals surface area (Å²) in [6.45, 7) is 2.75. The maximum absolute atomic E-state index is 13.1. The van der Waals surface area contributed by atoms with Crippen LogP contribution in [0.2, 0.25) is 0 Å². The van der Waals surface area contributed by atoms with Crippen LogP contribution in [-0.4, -0.2) is 18.1 Å². The Labute approximate surface area is 137 Å². The molecule has 1 atom stereocenters. The van der Waals surface area contributed by atoms with Crippen LogP contribution < -0.4 is 4.74 Å². The fourth-order valence-electron chi connectivity index (χ4n) is 3.51. The summed E-state index contributed by atoms with van der Waals surface area (Å²) in [5.74, 6) is 0.641. The van der Waals surface area contributed by atoms with Crippen molar-refractivity contribution in [2.45, 2.75) is 70.3 Å². The summed E-state index contributed by atoms with van der Waals surface area (Å²) in [4.78, 5) is 0. The van der Waals surface area contributed by atoms with E-state index in [1.54, 1.807) is 24.3 Å². The van der Waals surface area contributed by atoms with Gasteiger partial charge < -0.3 is 9.84 Å². The first-order chi connectivity index (χ1) is 11.1. The van der Waals surface area contributed by atoms with Crippen LogP contribution in [0.25, 0.3) is 0 Å². The second-order valence-corrected chi connectivity index (χ2v) is 6.58. The van der Waals surface area contributed by atoms with Gasteiger partial charge >= 0.3 is 0 Å². The van der Waals surface area contributed by atoms with Crippen LogP contribution in [0.4, 0.5) is 8.78 Å². The third-order valence-electron chi connectivity index (χ3n) is 4.87. The van der Waals surface area contributed by atoms with E-state index in [0.717, 1.165) is 50.7 Å². The molecule has 2 rings (SSSR count). The molecule has 1 fully saturated rings. The molecular formula is C19H28F2O2. The van der Waals surface area contributed by atoms with Gasteiger partial charge in [-0.15, -0.1) is 0 Å². The van der Waals surface area contributed by atoms with Gasteiger partial charge in [0, 0.05) is 6.42 Å². The first-order valence-electron chi connectivity index (χ1n) is 8.80. The number of aliphatic hydroxyl groups is 1. The maximum atomic E-state index is 13.1. The highest BCUT2D eigenvalue weighted by molar-refractivity contribution is 5.31. The van der Waals surface area contributed by atoms with Gasteiger partial charge in [0.25, 0.3) is 0 Å². The van der Waals surface area contributed by atoms with Crippen LogP contribution >= 0.6 is 0 Å². The van der Waals surface area contributed by atoms with Crippen molar-refractivity contribution in [3.63, 3.8) is 0 Å². The Morgan fingerprint density at radius 2 is 1.83 bits per heavy atom. The summed E-state index contributed by atoms with van der Waals surface area (Å²) in [7, 11) is 0. The molecule has 0 spiro atoms. The first-order valence-corrected chi connectivity index (χ1v) is 8.80. The minimum atomic E-state index is -2.51. The molecule has 1 N–H and O–H groups in total. The quantitative estimate of drug-likeness (QED) is 0.658. The van der Waals surface area contributed by atoms with E-state index in [2.05, 4.69) is 6.92 Å². The zero-order chi connectivity index (χ0) is 16.7. The van der Waals surface area contributed by atoms with Crippen molar-refractivity contribution >= 4 is 0 Å². The lowest BCUT2D eigenvalue weighted by molar-refractivity contribution is -0.0809. The zero-order valence-corrected chi connectivity index (χ0v) is 13.9. The average molecular weight is 326 g/mol. The molecule has 0 aromatic heterocycles. The average Bonchev–Trinajstić information content (AvgIpc) is 2.56. The number of hydrogen-bond donors (Lipinski definition) is 1. The van der Waals surface area contributed by atoms with Crippen LogP contribution in [0.15, 0.2) is 24.3 Å². The predicted molar refractivity (Wildman–Crippen MR) is 87.9 cm³/mol. The van der Waals surface area contributed by atoms with E-state index in [4.69, 9.17) is 4.74 Å². The van der Waals surface area contributed by atoms with Gasteiger partial charge in [0.1, 0.15) is 5.75 Å². The molecule has 1 aromatic carbocycles. The molecule has 0 radical (unpaired) electrons. The van der Waals surface area contributed by atoms with E-state index < -0.39 is 18.4 Å². The molecule has 2 nitrogen and oxygen atoms in total. The highest BCUT2D eigenvalue weighted by atomic mass is 19.3. The van der Waals surface area contributed by atoms with E-state index >= 15 is 0 Å². The highest BCUT2D eigenvalue weighted by Gasteiger charge is 2.41. The zero-order valence-electron chi connectivity index (χ0n) is 13.9. The van der Waals surface area contributed by atoms with Crippen LogP contribution in [0, 0.1) is 5.92 Å². The molecule has 0 bridgehead atoms. The van der Waals surface area contributed by atoms with Crippen molar-refractivity contribution in [1.29, 1.82) is 0 Å². The van der Waals surface area contributed by atoms with Crippen molar-refractivity contribution < 1.29 is 18.6 Å². The van der Waals surface area contributed by atoms with Gasteiger partial charge in [-0.05, 0) is 42.9 Å². The molecule has 1 aliphatic rings. The van der Waals surface area contributed by atoms with Crippen LogP contribution in [0.3, 0.4) is 0 Å². The third-order valence-corrected chi connectivity index (χ3v) is 4.87. The molecule has 0 amide bonds. The third kappa shape index (κ3) is 4.90. The Bertz CT molecular complexity index is 455. The number of halogens is 2. The molecule has 130 valence electrons. The highest BCUT2D eigenvalue weighted by Crippen LogP contribution is 2.43. The Morgan fingerprint density at radius 3 is 2.39 bits per heavy atom. The molecule has 23 heavy (non-hydrogen) atoms. The Balaban J connectivity index is 2.14. The number of rotatable bonds is 8. The number of benzene rings is 1. The maximum Gasteiger partial charge on any atom is 0.241 e. The predicted octanol–water partition coefficient (Wildman–Crippen LogP) is 5.29. The van der Waals surface area contributed by atoms with Crippen molar-refractivity contribution in [2.75, 3.05) is 6.61 Å². The topological polar surface area (TPSA) is 29.5 Å². The van der Waals surface area contributed by atoms with Crippen molar-refractivity contribution in [1.82, 2.24) is 0 Å². The Kier molecular flexibility index (Phi) is 6.82. The molecule has 1 aliphatic carbocycles. The summed E-state index contributed by atoms with van der Waals surface area (Å²) in [5.41, 5.74) is -0.844. The van der Waals surface area contributed by atoms with Gasteiger partial charge in [-0.3, -0.25) is 0 Å². The van der Waals surface area contributed by atoms with E-state index in [0.29, 0.717) is 12.2 Å². The molecule has 0 heterocycles. The molecule has 0 saturated heterocycles. The van der Waals surface area contributed by atoms with Crippen molar-refractivity contribution in [3.05, 3.63) is 29.8 Å². The van der Waals surface area contributed by atoms with Gasteiger partial charge in [-0.25, -0.2) is 8.78 Å². The van der Waals surface area contributed by atoms with E-state index in [-0.39, 0.29) is 5.92 Å². The lowest BCUT2D eigenvalue weighted by atomic mass is 9.72. The Hall–Kier alpha value is -1.16.